The lowest BCUT2D eigenvalue weighted by molar-refractivity contribution is 1.08. The van der Waals surface area contributed by atoms with Crippen LogP contribution in [0.1, 0.15) is 0 Å². The molecule has 210 valence electrons. The zero-order valence-electron chi connectivity index (χ0n) is 23.9. The molecule has 0 bridgehead atoms. The van der Waals surface area contributed by atoms with Gasteiger partial charge < -0.3 is 0 Å². The molecule has 0 saturated heterocycles. The minimum atomic E-state index is 0.651. The Labute approximate surface area is 262 Å². The first kappa shape index (κ1) is 25.6. The lowest BCUT2D eigenvalue weighted by Gasteiger charge is -2.10. The highest BCUT2D eigenvalue weighted by atomic mass is 32.1. The fourth-order valence-corrected chi connectivity index (χ4v) is 7.29. The smallest absolute Gasteiger partial charge is 0.164 e. The van der Waals surface area contributed by atoms with Crippen LogP contribution in [0, 0.1) is 0 Å². The van der Waals surface area contributed by atoms with E-state index in [9.17, 15) is 0 Å². The summed E-state index contributed by atoms with van der Waals surface area (Å²) in [6.45, 7) is 0. The molecule has 45 heavy (non-hydrogen) atoms. The van der Waals surface area contributed by atoms with E-state index in [0.717, 1.165) is 60.5 Å². The Morgan fingerprint density at radius 2 is 1.09 bits per heavy atom. The van der Waals surface area contributed by atoms with Gasteiger partial charge in [-0.1, -0.05) is 115 Å². The molecule has 9 rings (SSSR count). The van der Waals surface area contributed by atoms with Gasteiger partial charge >= 0.3 is 0 Å². The first-order valence-electron chi connectivity index (χ1n) is 14.8. The summed E-state index contributed by atoms with van der Waals surface area (Å²) in [5.74, 6) is 1.95. The molecule has 5 aromatic carbocycles. The lowest BCUT2D eigenvalue weighted by Crippen LogP contribution is -2.00. The Kier molecular flexibility index (Phi) is 5.92. The van der Waals surface area contributed by atoms with Crippen molar-refractivity contribution in [3.05, 3.63) is 140 Å². The Balaban J connectivity index is 1.27. The first-order chi connectivity index (χ1) is 22.3. The molecule has 0 aliphatic carbocycles. The number of aromatic nitrogens is 5. The Hall–Kier alpha value is -5.85. The van der Waals surface area contributed by atoms with Crippen LogP contribution >= 0.6 is 11.3 Å². The largest absolute Gasteiger partial charge is 0.254 e. The summed E-state index contributed by atoms with van der Waals surface area (Å²) < 4.78 is 2.35. The van der Waals surface area contributed by atoms with E-state index in [1.54, 1.807) is 11.3 Å². The number of thiophene rings is 1. The van der Waals surface area contributed by atoms with E-state index >= 15 is 0 Å². The van der Waals surface area contributed by atoms with Gasteiger partial charge in [-0.2, -0.15) is 0 Å². The maximum absolute atomic E-state index is 5.18. The molecular formula is C39H23N5S. The number of fused-ring (bicyclic) bond motifs is 6. The van der Waals surface area contributed by atoms with Crippen molar-refractivity contribution in [2.24, 2.45) is 0 Å². The summed E-state index contributed by atoms with van der Waals surface area (Å²) in [6, 6.07) is 45.6. The van der Waals surface area contributed by atoms with E-state index in [1.165, 1.54) is 9.40 Å². The maximum Gasteiger partial charge on any atom is 0.164 e. The highest BCUT2D eigenvalue weighted by Gasteiger charge is 2.19. The molecule has 0 aliphatic heterocycles. The molecule has 0 N–H and O–H groups in total. The van der Waals surface area contributed by atoms with E-state index < -0.39 is 0 Å². The molecule has 0 amide bonds. The van der Waals surface area contributed by atoms with Gasteiger partial charge in [-0.05, 0) is 18.2 Å². The summed E-state index contributed by atoms with van der Waals surface area (Å²) in [5.41, 5.74) is 6.74. The van der Waals surface area contributed by atoms with Crippen molar-refractivity contribution in [2.75, 3.05) is 0 Å². The van der Waals surface area contributed by atoms with Gasteiger partial charge in [-0.3, -0.25) is 4.98 Å². The van der Waals surface area contributed by atoms with Gasteiger partial charge in [0.15, 0.2) is 17.5 Å². The fourth-order valence-electron chi connectivity index (χ4n) is 6.04. The van der Waals surface area contributed by atoms with Crippen LogP contribution in [0.15, 0.2) is 140 Å². The second kappa shape index (κ2) is 10.4. The normalized spacial score (nSPS) is 11.6. The van der Waals surface area contributed by atoms with E-state index in [0.29, 0.717) is 17.5 Å². The standard InChI is InChI=1S/C39H23N5S/c1-3-10-26(11-4-1)37-42-38(27-12-5-2-6-13-27)44-39(43-37)30-17-8-18-32-33(30)29-16-7-15-28(36(29)45-32)31-22-21-25-20-19-24-14-9-23-40-34(24)35(25)41-31/h1-23H. The quantitative estimate of drug-likeness (QED) is 0.190. The maximum atomic E-state index is 5.18. The van der Waals surface area contributed by atoms with Gasteiger partial charge in [0.1, 0.15) is 0 Å². The summed E-state index contributed by atoms with van der Waals surface area (Å²) in [4.78, 5) is 24.8. The van der Waals surface area contributed by atoms with Crippen LogP contribution in [0.25, 0.3) is 87.4 Å². The third-order valence-electron chi connectivity index (χ3n) is 8.17. The van der Waals surface area contributed by atoms with Crippen molar-refractivity contribution in [1.29, 1.82) is 0 Å². The van der Waals surface area contributed by atoms with Crippen molar-refractivity contribution < 1.29 is 0 Å². The van der Waals surface area contributed by atoms with Crippen molar-refractivity contribution in [1.82, 2.24) is 24.9 Å². The van der Waals surface area contributed by atoms with Crippen LogP contribution in [0.4, 0.5) is 0 Å². The van der Waals surface area contributed by atoms with Crippen LogP contribution in [0.3, 0.4) is 0 Å². The molecule has 0 spiro atoms. The van der Waals surface area contributed by atoms with Crippen LogP contribution in [0.5, 0.6) is 0 Å². The average Bonchev–Trinajstić information content (AvgIpc) is 3.51. The molecule has 9 aromatic rings. The van der Waals surface area contributed by atoms with E-state index in [4.69, 9.17) is 19.9 Å². The zero-order chi connectivity index (χ0) is 29.7. The van der Waals surface area contributed by atoms with Crippen molar-refractivity contribution in [3.63, 3.8) is 0 Å². The van der Waals surface area contributed by atoms with Crippen LogP contribution in [-0.2, 0) is 0 Å². The molecule has 0 unspecified atom stereocenters. The third kappa shape index (κ3) is 4.34. The second-order valence-electron chi connectivity index (χ2n) is 10.9. The fraction of sp³-hybridized carbons (Fsp3) is 0. The van der Waals surface area contributed by atoms with Crippen LogP contribution in [0.2, 0.25) is 0 Å². The van der Waals surface area contributed by atoms with Crippen molar-refractivity contribution in [2.45, 2.75) is 0 Å². The third-order valence-corrected chi connectivity index (χ3v) is 9.38. The molecule has 4 aromatic heterocycles. The lowest BCUT2D eigenvalue weighted by atomic mass is 10.0. The van der Waals surface area contributed by atoms with Gasteiger partial charge in [0.2, 0.25) is 0 Å². The number of benzene rings is 5. The predicted octanol–water partition coefficient (Wildman–Crippen LogP) is 10.0. The minimum absolute atomic E-state index is 0.651. The van der Waals surface area contributed by atoms with Gasteiger partial charge in [0, 0.05) is 59.4 Å². The molecule has 0 aliphatic rings. The molecule has 0 fully saturated rings. The van der Waals surface area contributed by atoms with Gasteiger partial charge in [-0.25, -0.2) is 19.9 Å². The Morgan fingerprint density at radius 1 is 0.444 bits per heavy atom. The van der Waals surface area contributed by atoms with E-state index in [1.807, 2.05) is 72.9 Å². The highest BCUT2D eigenvalue weighted by Crippen LogP contribution is 2.43. The summed E-state index contributed by atoms with van der Waals surface area (Å²) >= 11 is 1.78. The number of nitrogens with zero attached hydrogens (tertiary/aromatic N) is 5. The second-order valence-corrected chi connectivity index (χ2v) is 12.0. The number of rotatable bonds is 4. The SMILES string of the molecule is c1ccc(-c2nc(-c3ccccc3)nc(-c3cccc4sc5c(-c6ccc7ccc8cccnc8c7n6)cccc5c34)n2)cc1. The summed E-state index contributed by atoms with van der Waals surface area (Å²) in [5, 5.41) is 4.45. The van der Waals surface area contributed by atoms with Crippen molar-refractivity contribution in [3.8, 4) is 45.4 Å². The number of pyridine rings is 2. The first-order valence-corrected chi connectivity index (χ1v) is 15.6. The molecular weight excluding hydrogens is 571 g/mol. The minimum Gasteiger partial charge on any atom is -0.254 e. The zero-order valence-corrected chi connectivity index (χ0v) is 24.7. The summed E-state index contributed by atoms with van der Waals surface area (Å²) in [7, 11) is 0. The Morgan fingerprint density at radius 3 is 1.84 bits per heavy atom. The molecule has 4 heterocycles. The molecule has 0 saturated carbocycles. The summed E-state index contributed by atoms with van der Waals surface area (Å²) in [6.07, 6.45) is 1.83. The Bertz CT molecular complexity index is 2480. The molecule has 6 heteroatoms. The molecule has 0 radical (unpaired) electrons. The highest BCUT2D eigenvalue weighted by molar-refractivity contribution is 7.26. The van der Waals surface area contributed by atoms with Gasteiger partial charge in [0.25, 0.3) is 0 Å². The topological polar surface area (TPSA) is 64.5 Å². The predicted molar refractivity (Wildman–Crippen MR) is 185 cm³/mol. The van der Waals surface area contributed by atoms with Gasteiger partial charge in [0.05, 0.1) is 16.7 Å². The molecule has 0 atom stereocenters. The van der Waals surface area contributed by atoms with Crippen molar-refractivity contribution >= 4 is 53.3 Å². The van der Waals surface area contributed by atoms with Crippen LogP contribution in [-0.4, -0.2) is 24.9 Å². The van der Waals surface area contributed by atoms with Gasteiger partial charge in [-0.15, -0.1) is 11.3 Å². The number of hydrogen-bond donors (Lipinski definition) is 0. The number of hydrogen-bond acceptors (Lipinski definition) is 6. The van der Waals surface area contributed by atoms with E-state index in [-0.39, 0.29) is 0 Å². The average molecular weight is 594 g/mol. The monoisotopic (exact) mass is 593 g/mol. The molecule has 5 nitrogen and oxygen atoms in total. The van der Waals surface area contributed by atoms with E-state index in [2.05, 4.69) is 71.7 Å². The van der Waals surface area contributed by atoms with Crippen LogP contribution < -0.4 is 0 Å².